The van der Waals surface area contributed by atoms with E-state index in [9.17, 15) is 36.2 Å². The Morgan fingerprint density at radius 3 is 1.41 bits per heavy atom. The van der Waals surface area contributed by atoms with Gasteiger partial charge >= 0.3 is 18.4 Å². The van der Waals surface area contributed by atoms with Crippen LogP contribution in [0.25, 0.3) is 0 Å². The number of aromatic nitrogens is 6. The normalized spacial score (nSPS) is 22.6. The van der Waals surface area contributed by atoms with Crippen LogP contribution in [0.2, 0.25) is 0 Å². The number of alkyl halides is 6. The quantitative estimate of drug-likeness (QED) is 0.0795. The zero-order valence-corrected chi connectivity index (χ0v) is 40.9. The van der Waals surface area contributed by atoms with Crippen molar-refractivity contribution < 1.29 is 36.2 Å². The van der Waals surface area contributed by atoms with E-state index in [1.54, 1.807) is 6.20 Å². The molecule has 0 radical (unpaired) electrons. The van der Waals surface area contributed by atoms with Crippen LogP contribution in [-0.2, 0) is 29.7 Å². The van der Waals surface area contributed by atoms with Crippen molar-refractivity contribution in [2.75, 3.05) is 60.5 Å². The number of nitrogens with two attached hydrogens (primary N) is 3. The zero-order valence-electron chi connectivity index (χ0n) is 39.2. The zero-order chi connectivity index (χ0) is 52.0. The monoisotopic (exact) mass is 1050 g/mol. The third-order valence-corrected chi connectivity index (χ3v) is 16.7. The summed E-state index contributed by atoms with van der Waals surface area (Å²) in [5.41, 5.74) is 19.4. The molecule has 2 unspecified atom stereocenters. The fourth-order valence-corrected chi connectivity index (χ4v) is 12.8. The van der Waals surface area contributed by atoms with Crippen molar-refractivity contribution in [2.45, 2.75) is 49.6 Å². The summed E-state index contributed by atoms with van der Waals surface area (Å²) in [6.07, 6.45) is -4.83. The Hall–Kier alpha value is -7.17. The number of anilines is 4. The first-order valence-electron chi connectivity index (χ1n) is 23.5. The maximum atomic E-state index is 13.4. The van der Waals surface area contributed by atoms with Crippen LogP contribution in [0.4, 0.5) is 54.4 Å². The van der Waals surface area contributed by atoms with Crippen LogP contribution >= 0.6 is 23.5 Å². The molecule has 2 aliphatic carbocycles. The Morgan fingerprint density at radius 1 is 0.608 bits per heavy atom. The van der Waals surface area contributed by atoms with Crippen LogP contribution in [0.5, 0.6) is 0 Å². The van der Waals surface area contributed by atoms with Crippen LogP contribution in [-0.4, -0.2) is 85.3 Å². The fourth-order valence-electron chi connectivity index (χ4n) is 11.1. The summed E-state index contributed by atoms with van der Waals surface area (Å²) in [5.74, 6) is 2.50. The Labute approximate surface area is 429 Å². The van der Waals surface area contributed by atoms with Crippen molar-refractivity contribution in [1.82, 2.24) is 34.8 Å². The summed E-state index contributed by atoms with van der Waals surface area (Å²) in [7, 11) is 0. The molecule has 7 aromatic rings. The molecule has 0 spiro atoms. The summed E-state index contributed by atoms with van der Waals surface area (Å²) in [6, 6.07) is 35.4. The van der Waals surface area contributed by atoms with Crippen LogP contribution in [0.1, 0.15) is 28.1 Å². The van der Waals surface area contributed by atoms with E-state index in [-0.39, 0.29) is 54.1 Å². The average Bonchev–Trinajstić information content (AvgIpc) is 3.93. The first-order chi connectivity index (χ1) is 35.5. The van der Waals surface area contributed by atoms with Gasteiger partial charge in [-0.05, 0) is 64.6 Å². The first-order valence-corrected chi connectivity index (χ1v) is 25.1. The molecule has 382 valence electrons. The average molecular weight is 1050 g/mol. The lowest BCUT2D eigenvalue weighted by atomic mass is 9.89. The van der Waals surface area contributed by atoms with Crippen molar-refractivity contribution in [3.05, 3.63) is 168 Å². The highest BCUT2D eigenvalue weighted by atomic mass is 32.2. The molecule has 6 heterocycles. The molecule has 7 N–H and O–H groups in total. The molecular weight excluding hydrogens is 1000 g/mol. The van der Waals surface area contributed by atoms with Crippen LogP contribution < -0.4 is 27.0 Å². The van der Waals surface area contributed by atoms with Gasteiger partial charge in [0, 0.05) is 78.8 Å². The van der Waals surface area contributed by atoms with Gasteiger partial charge < -0.3 is 37.0 Å². The predicted octanol–water partition coefficient (Wildman–Crippen LogP) is 9.39. The molecule has 14 nitrogen and oxygen atoms in total. The van der Waals surface area contributed by atoms with Crippen molar-refractivity contribution >= 4 is 52.9 Å². The van der Waals surface area contributed by atoms with Gasteiger partial charge in [-0.3, -0.25) is 9.97 Å². The number of pyridine rings is 2. The number of benzene rings is 3. The maximum absolute atomic E-state index is 13.4. The molecule has 0 bridgehead atoms. The van der Waals surface area contributed by atoms with E-state index >= 15 is 0 Å². The van der Waals surface area contributed by atoms with E-state index in [4.69, 9.17) is 17.2 Å². The molecule has 1 amide bonds. The molecule has 74 heavy (non-hydrogen) atoms. The molecule has 3 aromatic carbocycles. The van der Waals surface area contributed by atoms with Gasteiger partial charge in [-0.25, -0.2) is 24.7 Å². The molecule has 2 aliphatic heterocycles. The number of nitrogen functional groups attached to an aromatic ring is 2. The second-order valence-electron chi connectivity index (χ2n) is 18.6. The predicted molar refractivity (Wildman–Crippen MR) is 268 cm³/mol. The largest absolute Gasteiger partial charge is 0.465 e. The van der Waals surface area contributed by atoms with Gasteiger partial charge in [-0.2, -0.15) is 26.3 Å². The highest BCUT2D eigenvalue weighted by molar-refractivity contribution is 7.99. The minimum Gasteiger partial charge on any atom is -0.465 e. The molecule has 2 saturated heterocycles. The van der Waals surface area contributed by atoms with Crippen molar-refractivity contribution in [3.63, 3.8) is 0 Å². The number of rotatable bonds is 13. The van der Waals surface area contributed by atoms with Crippen molar-refractivity contribution in [1.29, 1.82) is 0 Å². The topological polar surface area (TPSA) is 202 Å². The Morgan fingerprint density at radius 2 is 1.01 bits per heavy atom. The second kappa shape index (κ2) is 19.9. The number of fused-ring (bicyclic) bond motifs is 2. The number of halogens is 6. The molecule has 22 heteroatoms. The number of hydrogen-bond acceptors (Lipinski definition) is 14. The minimum atomic E-state index is -4.61. The maximum Gasteiger partial charge on any atom is 0.434 e. The van der Waals surface area contributed by atoms with Gasteiger partial charge in [-0.15, -0.1) is 0 Å². The lowest BCUT2D eigenvalue weighted by molar-refractivity contribution is -0.144. The van der Waals surface area contributed by atoms with Crippen molar-refractivity contribution in [3.8, 4) is 0 Å². The number of carbonyl (C=O) groups is 1. The Balaban J connectivity index is 0.000000175. The van der Waals surface area contributed by atoms with Gasteiger partial charge in [0.1, 0.15) is 21.7 Å². The third-order valence-electron chi connectivity index (χ3n) is 14.6. The second-order valence-corrected chi connectivity index (χ2v) is 20.7. The number of carboxylic acid groups (broad SMARTS) is 1. The SMILES string of the molecule is NCC1(c2ccccc2)[C@@H]2CN(c3cnc(Sc4cccnc4C(F)(F)F)c(N)n3)C[C@@H]21.Nc1nc(N2C[C@@H]3[C@H](C2)C3(CN(Cc2ccccc2)C(=O)O)c2ccccc2)cnc1Sc1cccnc1C(F)(F)F. The number of piperidine rings is 2. The summed E-state index contributed by atoms with van der Waals surface area (Å²) < 4.78 is 79.8. The van der Waals surface area contributed by atoms with Crippen LogP contribution in [0.15, 0.2) is 160 Å². The number of nitrogens with zero attached hydrogens (tertiary/aromatic N) is 9. The number of hydrogen-bond donors (Lipinski definition) is 4. The van der Waals surface area contributed by atoms with E-state index in [0.29, 0.717) is 56.2 Å². The van der Waals surface area contributed by atoms with Gasteiger partial charge in [-0.1, -0.05) is 115 Å². The van der Waals surface area contributed by atoms with E-state index in [2.05, 4.69) is 64.0 Å². The Bertz CT molecular complexity index is 3120. The summed E-state index contributed by atoms with van der Waals surface area (Å²) in [4.78, 5) is 42.3. The van der Waals surface area contributed by atoms with Gasteiger partial charge in [0.15, 0.2) is 23.0 Å². The molecular formula is C52H48F6N12O2S2. The summed E-state index contributed by atoms with van der Waals surface area (Å²) in [5, 5.41) is 10.5. The van der Waals surface area contributed by atoms with Gasteiger partial charge in [0.25, 0.3) is 0 Å². The first kappa shape index (κ1) is 50.4. The fraction of sp³-hybridized carbons (Fsp3) is 0.288. The van der Waals surface area contributed by atoms with Gasteiger partial charge in [0.05, 0.1) is 12.4 Å². The lowest BCUT2D eigenvalue weighted by Crippen LogP contribution is -2.41. The third kappa shape index (κ3) is 9.72. The molecule has 2 saturated carbocycles. The summed E-state index contributed by atoms with van der Waals surface area (Å²) >= 11 is 1.59. The van der Waals surface area contributed by atoms with E-state index < -0.39 is 29.8 Å². The van der Waals surface area contributed by atoms with E-state index in [1.165, 1.54) is 40.9 Å². The minimum absolute atomic E-state index is 0.000824. The van der Waals surface area contributed by atoms with Gasteiger partial charge in [0.2, 0.25) is 0 Å². The molecule has 4 aliphatic rings. The van der Waals surface area contributed by atoms with E-state index in [0.717, 1.165) is 60.1 Å². The highest BCUT2D eigenvalue weighted by Gasteiger charge is 2.70. The number of amides is 1. The molecule has 6 atom stereocenters. The standard InChI is InChI=1S/C30H27F3N6O2S.C22H21F3N6S/c31-30(32,33)25-23(12-7-13-35-25)42-27-26(34)37-24(14-36-27)38-16-21-22(17-38)29(21,20-10-5-2-6-11-20)18-39(28(40)41)15-19-8-3-1-4-9-19;23-22(24,25)18-16(7-4-8-28-18)32-20-19(27)30-17(9-29-20)31-10-14-15(11-31)21(14,12-26)13-5-2-1-3-6-13/h1-14,21-22H,15-18H2,(H2,34,37)(H,40,41);1-9,14-15H,10-12,26H2,(H2,27,30)/t21-,22+,29?;14-,15+,21?. The molecule has 4 fully saturated rings. The smallest absolute Gasteiger partial charge is 0.434 e. The van der Waals surface area contributed by atoms with Crippen molar-refractivity contribution in [2.24, 2.45) is 29.4 Å². The molecule has 11 rings (SSSR count). The van der Waals surface area contributed by atoms with Crippen LogP contribution in [0, 0.1) is 23.7 Å². The van der Waals surface area contributed by atoms with E-state index in [1.807, 2.05) is 66.7 Å². The summed E-state index contributed by atoms with van der Waals surface area (Å²) in [6.45, 7) is 4.08. The van der Waals surface area contributed by atoms with Crippen LogP contribution in [0.3, 0.4) is 0 Å². The lowest BCUT2D eigenvalue weighted by Gasteiger charge is -2.32. The highest BCUT2D eigenvalue weighted by Crippen LogP contribution is 2.65. The Kier molecular flexibility index (Phi) is 13.6. The molecule has 4 aromatic heterocycles.